The average Bonchev–Trinajstić information content (AvgIpc) is 2.66. The van der Waals surface area contributed by atoms with E-state index in [9.17, 15) is 13.2 Å². The second kappa shape index (κ2) is 15.4. The van der Waals surface area contributed by atoms with Gasteiger partial charge in [-0.25, -0.2) is 4.99 Å². The monoisotopic (exact) mass is 533 g/mol. The number of hydrogen-bond acceptors (Lipinski definition) is 4. The first kappa shape index (κ1) is 27.6. The lowest BCUT2D eigenvalue weighted by Crippen LogP contribution is -2.37. The zero-order valence-electron chi connectivity index (χ0n) is 17.1. The van der Waals surface area contributed by atoms with Gasteiger partial charge in [0.25, 0.3) is 0 Å². The molecular formula is C19H31F3IN3O3. The molecule has 0 saturated carbocycles. The first-order valence-corrected chi connectivity index (χ1v) is 9.36. The minimum atomic E-state index is -4.40. The third-order valence-corrected chi connectivity index (χ3v) is 3.60. The summed E-state index contributed by atoms with van der Waals surface area (Å²) in [5, 5.41) is 6.41. The van der Waals surface area contributed by atoms with Crippen LogP contribution in [-0.2, 0) is 11.3 Å². The highest BCUT2D eigenvalue weighted by Crippen LogP contribution is 2.30. The summed E-state index contributed by atoms with van der Waals surface area (Å²) < 4.78 is 52.2. The van der Waals surface area contributed by atoms with Gasteiger partial charge in [0.15, 0.2) is 24.1 Å². The second-order valence-corrected chi connectivity index (χ2v) is 5.92. The van der Waals surface area contributed by atoms with Crippen LogP contribution < -0.4 is 20.1 Å². The lowest BCUT2D eigenvalue weighted by molar-refractivity contribution is -0.153. The molecule has 0 aliphatic heterocycles. The van der Waals surface area contributed by atoms with E-state index < -0.39 is 12.8 Å². The maximum atomic E-state index is 12.3. The molecule has 10 heteroatoms. The van der Waals surface area contributed by atoms with Crippen molar-refractivity contribution in [2.75, 3.05) is 40.0 Å². The number of ether oxygens (including phenoxy) is 3. The van der Waals surface area contributed by atoms with Crippen molar-refractivity contribution in [3.05, 3.63) is 23.8 Å². The van der Waals surface area contributed by atoms with Crippen molar-refractivity contribution in [2.24, 2.45) is 4.99 Å². The lowest BCUT2D eigenvalue weighted by atomic mass is 10.2. The van der Waals surface area contributed by atoms with Crippen LogP contribution in [0.5, 0.6) is 11.5 Å². The van der Waals surface area contributed by atoms with Gasteiger partial charge >= 0.3 is 6.18 Å². The van der Waals surface area contributed by atoms with Crippen molar-refractivity contribution >= 4 is 29.9 Å². The molecule has 0 bridgehead atoms. The Balaban J connectivity index is 0.00000784. The van der Waals surface area contributed by atoms with E-state index in [0.29, 0.717) is 12.5 Å². The number of rotatable bonds is 12. The molecule has 0 spiro atoms. The van der Waals surface area contributed by atoms with Crippen LogP contribution in [-0.4, -0.2) is 52.2 Å². The normalized spacial score (nSPS) is 11.6. The number of methoxy groups -OCH3 is 1. The van der Waals surface area contributed by atoms with Gasteiger partial charge in [0.1, 0.15) is 0 Å². The predicted octanol–water partition coefficient (Wildman–Crippen LogP) is 4.13. The van der Waals surface area contributed by atoms with Crippen LogP contribution in [0.15, 0.2) is 23.2 Å². The summed E-state index contributed by atoms with van der Waals surface area (Å²) >= 11 is 0. The van der Waals surface area contributed by atoms with Gasteiger partial charge in [-0.2, -0.15) is 13.2 Å². The standard InChI is InChI=1S/C19H30F3N3O3.HI/c1-4-23-18(24-10-6-7-11-27-5-2)25-13-15-8-9-16(17(12-15)26-3)28-14-19(20,21)22;/h8-9,12H,4-7,10-11,13-14H2,1-3H3,(H2,23,24,25);1H. The molecule has 0 aliphatic rings. The number of benzene rings is 1. The minimum absolute atomic E-state index is 0. The molecular weight excluding hydrogens is 502 g/mol. The van der Waals surface area contributed by atoms with Crippen molar-refractivity contribution in [3.8, 4) is 11.5 Å². The molecule has 0 saturated heterocycles. The summed E-state index contributed by atoms with van der Waals surface area (Å²) in [5.74, 6) is 0.966. The van der Waals surface area contributed by atoms with Crippen LogP contribution in [0, 0.1) is 0 Å². The number of nitrogens with one attached hydrogen (secondary N) is 2. The van der Waals surface area contributed by atoms with E-state index in [1.807, 2.05) is 13.8 Å². The maximum Gasteiger partial charge on any atom is 0.422 e. The van der Waals surface area contributed by atoms with Crippen molar-refractivity contribution in [3.63, 3.8) is 0 Å². The third kappa shape index (κ3) is 12.7. The number of guanidine groups is 1. The van der Waals surface area contributed by atoms with Gasteiger partial charge in [0, 0.05) is 26.3 Å². The molecule has 0 aromatic heterocycles. The molecule has 1 rings (SSSR count). The number of nitrogens with zero attached hydrogens (tertiary/aromatic N) is 1. The van der Waals surface area contributed by atoms with Crippen LogP contribution in [0.3, 0.4) is 0 Å². The summed E-state index contributed by atoms with van der Waals surface area (Å²) in [6, 6.07) is 4.76. The van der Waals surface area contributed by atoms with E-state index in [4.69, 9.17) is 14.2 Å². The van der Waals surface area contributed by atoms with Crippen LogP contribution in [0.2, 0.25) is 0 Å². The Hall–Kier alpha value is -1.43. The highest BCUT2D eigenvalue weighted by atomic mass is 127. The van der Waals surface area contributed by atoms with Crippen molar-refractivity contribution in [1.82, 2.24) is 10.6 Å². The maximum absolute atomic E-state index is 12.3. The molecule has 0 radical (unpaired) electrons. The fraction of sp³-hybridized carbons (Fsp3) is 0.632. The van der Waals surface area contributed by atoms with E-state index in [0.717, 1.165) is 44.7 Å². The molecule has 0 fully saturated rings. The summed E-state index contributed by atoms with van der Waals surface area (Å²) in [5.41, 5.74) is 0.796. The van der Waals surface area contributed by atoms with Crippen LogP contribution >= 0.6 is 24.0 Å². The Morgan fingerprint density at radius 1 is 1.10 bits per heavy atom. The molecule has 0 amide bonds. The largest absolute Gasteiger partial charge is 0.493 e. The average molecular weight is 533 g/mol. The number of halogens is 4. The molecule has 6 nitrogen and oxygen atoms in total. The fourth-order valence-electron chi connectivity index (χ4n) is 2.28. The Morgan fingerprint density at radius 2 is 1.86 bits per heavy atom. The van der Waals surface area contributed by atoms with Gasteiger partial charge < -0.3 is 24.8 Å². The molecule has 29 heavy (non-hydrogen) atoms. The molecule has 2 N–H and O–H groups in total. The van der Waals surface area contributed by atoms with Gasteiger partial charge in [-0.15, -0.1) is 24.0 Å². The smallest absolute Gasteiger partial charge is 0.422 e. The van der Waals surface area contributed by atoms with E-state index in [2.05, 4.69) is 15.6 Å². The number of aliphatic imine (C=N–C) groups is 1. The first-order chi connectivity index (χ1) is 13.4. The van der Waals surface area contributed by atoms with Crippen LogP contribution in [0.25, 0.3) is 0 Å². The fourth-order valence-corrected chi connectivity index (χ4v) is 2.28. The summed E-state index contributed by atoms with van der Waals surface area (Å²) in [6.07, 6.45) is -2.47. The quantitative estimate of drug-likeness (QED) is 0.183. The number of hydrogen-bond donors (Lipinski definition) is 2. The molecule has 0 atom stereocenters. The molecule has 0 aliphatic carbocycles. The Labute approximate surface area is 187 Å². The van der Waals surface area contributed by atoms with Crippen LogP contribution in [0.4, 0.5) is 13.2 Å². The molecule has 0 unspecified atom stereocenters. The van der Waals surface area contributed by atoms with E-state index >= 15 is 0 Å². The van der Waals surface area contributed by atoms with E-state index in [-0.39, 0.29) is 35.5 Å². The Kier molecular flexibility index (Phi) is 14.7. The molecule has 1 aromatic carbocycles. The first-order valence-electron chi connectivity index (χ1n) is 9.36. The van der Waals surface area contributed by atoms with E-state index in [1.165, 1.54) is 13.2 Å². The van der Waals surface area contributed by atoms with Crippen molar-refractivity contribution in [1.29, 1.82) is 0 Å². The Bertz CT molecular complexity index is 602. The zero-order valence-corrected chi connectivity index (χ0v) is 19.4. The Morgan fingerprint density at radius 3 is 2.48 bits per heavy atom. The van der Waals surface area contributed by atoms with Gasteiger partial charge in [0.05, 0.1) is 13.7 Å². The van der Waals surface area contributed by atoms with Gasteiger partial charge in [0.2, 0.25) is 0 Å². The summed E-state index contributed by atoms with van der Waals surface area (Å²) in [6.45, 7) is 5.89. The number of unbranched alkanes of at least 4 members (excludes halogenated alkanes) is 1. The SMILES string of the molecule is CCNC(=NCc1ccc(OCC(F)(F)F)c(OC)c1)NCCCCOCC.I. The van der Waals surface area contributed by atoms with Gasteiger partial charge in [-0.3, -0.25) is 0 Å². The van der Waals surface area contributed by atoms with Crippen LogP contribution in [0.1, 0.15) is 32.3 Å². The summed E-state index contributed by atoms with van der Waals surface area (Å²) in [7, 11) is 1.39. The predicted molar refractivity (Wildman–Crippen MR) is 119 cm³/mol. The van der Waals surface area contributed by atoms with Gasteiger partial charge in [-0.1, -0.05) is 6.07 Å². The highest BCUT2D eigenvalue weighted by Gasteiger charge is 2.29. The number of alkyl halides is 3. The van der Waals surface area contributed by atoms with Crippen molar-refractivity contribution in [2.45, 2.75) is 39.4 Å². The molecule has 0 heterocycles. The topological polar surface area (TPSA) is 64.1 Å². The van der Waals surface area contributed by atoms with Gasteiger partial charge in [-0.05, 0) is 44.4 Å². The van der Waals surface area contributed by atoms with E-state index in [1.54, 1.807) is 12.1 Å². The lowest BCUT2D eigenvalue weighted by Gasteiger charge is -2.14. The zero-order chi connectivity index (χ0) is 20.8. The minimum Gasteiger partial charge on any atom is -0.493 e. The van der Waals surface area contributed by atoms with Crippen molar-refractivity contribution < 1.29 is 27.4 Å². The molecule has 1 aromatic rings. The summed E-state index contributed by atoms with van der Waals surface area (Å²) in [4.78, 5) is 4.49. The second-order valence-electron chi connectivity index (χ2n) is 5.92. The highest BCUT2D eigenvalue weighted by molar-refractivity contribution is 14.0. The third-order valence-electron chi connectivity index (χ3n) is 3.60. The molecule has 168 valence electrons.